The lowest BCUT2D eigenvalue weighted by molar-refractivity contribution is 0.220. The minimum Gasteiger partial charge on any atom is -0.497 e. The van der Waals surface area contributed by atoms with Crippen molar-refractivity contribution in [2.75, 3.05) is 45.0 Å². The van der Waals surface area contributed by atoms with E-state index in [1.165, 1.54) is 0 Å². The van der Waals surface area contributed by atoms with Crippen LogP contribution in [0.3, 0.4) is 0 Å². The Kier molecular flexibility index (Phi) is 6.94. The van der Waals surface area contributed by atoms with E-state index in [9.17, 15) is 4.57 Å². The van der Waals surface area contributed by atoms with E-state index in [4.69, 9.17) is 18.5 Å². The first-order valence-electron chi connectivity index (χ1n) is 9.23. The van der Waals surface area contributed by atoms with Crippen LogP contribution in [0.5, 0.6) is 11.5 Å². The molecule has 1 aliphatic heterocycles. The molecule has 1 heterocycles. The van der Waals surface area contributed by atoms with Gasteiger partial charge in [-0.05, 0) is 50.2 Å². The average molecular weight is 423 g/mol. The molecule has 3 rings (SSSR count). The Morgan fingerprint density at radius 1 is 0.893 bits per heavy atom. The maximum absolute atomic E-state index is 13.0. The Labute approximate surface area is 170 Å². The van der Waals surface area contributed by atoms with E-state index in [1.54, 1.807) is 26.0 Å². The van der Waals surface area contributed by atoms with Crippen LogP contribution in [0.1, 0.15) is 13.8 Å². The maximum Gasteiger partial charge on any atom is 0.332 e. The second-order valence-electron chi connectivity index (χ2n) is 6.09. The number of benzene rings is 2. The number of hydrogen-bond donors (Lipinski definition) is 0. The van der Waals surface area contributed by atoms with Crippen molar-refractivity contribution in [2.45, 2.75) is 23.6 Å². The molecule has 0 bridgehead atoms. The van der Waals surface area contributed by atoms with Crippen molar-refractivity contribution in [3.05, 3.63) is 36.4 Å². The fourth-order valence-corrected chi connectivity index (χ4v) is 5.84. The molecule has 0 atom stereocenters. The lowest BCUT2D eigenvalue weighted by Crippen LogP contribution is -2.25. The summed E-state index contributed by atoms with van der Waals surface area (Å²) in [6.45, 7) is 4.87. The van der Waals surface area contributed by atoms with Crippen LogP contribution >= 0.6 is 19.4 Å². The van der Waals surface area contributed by atoms with Crippen molar-refractivity contribution in [1.82, 2.24) is 0 Å². The van der Waals surface area contributed by atoms with Gasteiger partial charge in [0.1, 0.15) is 11.5 Å². The molecule has 0 saturated heterocycles. The van der Waals surface area contributed by atoms with Crippen LogP contribution < -0.4 is 14.4 Å². The third kappa shape index (κ3) is 4.49. The van der Waals surface area contributed by atoms with Crippen LogP contribution in [0.2, 0.25) is 0 Å². The monoisotopic (exact) mass is 423 g/mol. The Bertz CT molecular complexity index is 812. The first-order valence-corrected chi connectivity index (χ1v) is 11.8. The number of rotatable bonds is 9. The van der Waals surface area contributed by atoms with E-state index in [1.807, 2.05) is 50.2 Å². The number of ether oxygens (including phenoxy) is 2. The van der Waals surface area contributed by atoms with Crippen molar-refractivity contribution in [3.8, 4) is 11.5 Å². The van der Waals surface area contributed by atoms with E-state index in [0.29, 0.717) is 25.9 Å². The summed E-state index contributed by atoms with van der Waals surface area (Å²) in [6, 6.07) is 12.0. The summed E-state index contributed by atoms with van der Waals surface area (Å²) in [5.74, 6) is 1.60. The molecule has 28 heavy (non-hydrogen) atoms. The summed E-state index contributed by atoms with van der Waals surface area (Å²) >= 11 is 1.67. The zero-order valence-electron chi connectivity index (χ0n) is 16.6. The van der Waals surface area contributed by atoms with E-state index in [0.717, 1.165) is 32.7 Å². The maximum atomic E-state index is 13.0. The van der Waals surface area contributed by atoms with Gasteiger partial charge in [-0.25, -0.2) is 0 Å². The van der Waals surface area contributed by atoms with Crippen LogP contribution in [-0.2, 0) is 13.6 Å². The van der Waals surface area contributed by atoms with Crippen molar-refractivity contribution in [3.63, 3.8) is 0 Å². The summed E-state index contributed by atoms with van der Waals surface area (Å²) < 4.78 is 34.7. The van der Waals surface area contributed by atoms with E-state index in [2.05, 4.69) is 4.90 Å². The van der Waals surface area contributed by atoms with Gasteiger partial charge in [0.25, 0.3) is 0 Å². The highest BCUT2D eigenvalue weighted by Gasteiger charge is 2.29. The standard InChI is InChI=1S/C20H26NO5PS/c1-5-25-27(22,26-6-2)12-11-21-17-9-7-15(23-3)13-19(17)28-20-14-16(24-4)8-10-18(20)21/h7-10,13-14H,5-6,11-12H2,1-4H3. The molecule has 0 aromatic heterocycles. The number of methoxy groups -OCH3 is 2. The van der Waals surface area contributed by atoms with Gasteiger partial charge in [-0.15, -0.1) is 0 Å². The summed E-state index contributed by atoms with van der Waals surface area (Å²) in [6.07, 6.45) is 0.302. The fourth-order valence-electron chi connectivity index (χ4n) is 3.12. The highest BCUT2D eigenvalue weighted by Crippen LogP contribution is 2.52. The molecule has 0 saturated carbocycles. The minimum absolute atomic E-state index is 0.302. The molecule has 1 aliphatic rings. The number of fused-ring (bicyclic) bond motifs is 2. The molecular formula is C20H26NO5PS. The lowest BCUT2D eigenvalue weighted by Gasteiger charge is -2.34. The molecule has 6 nitrogen and oxygen atoms in total. The lowest BCUT2D eigenvalue weighted by atomic mass is 10.2. The molecule has 2 aromatic rings. The fraction of sp³-hybridized carbons (Fsp3) is 0.400. The highest BCUT2D eigenvalue weighted by molar-refractivity contribution is 7.99. The molecule has 0 N–H and O–H groups in total. The number of anilines is 2. The summed E-state index contributed by atoms with van der Waals surface area (Å²) in [5, 5.41) is 0. The number of hydrogen-bond acceptors (Lipinski definition) is 7. The van der Waals surface area contributed by atoms with Crippen molar-refractivity contribution in [2.24, 2.45) is 0 Å². The van der Waals surface area contributed by atoms with Crippen molar-refractivity contribution >= 4 is 30.7 Å². The molecular weight excluding hydrogens is 397 g/mol. The SMILES string of the molecule is CCOP(=O)(CCN1c2ccc(OC)cc2Sc2cc(OC)ccc21)OCC. The zero-order chi connectivity index (χ0) is 20.1. The predicted octanol–water partition coefficient (Wildman–Crippen LogP) is 5.57. The van der Waals surface area contributed by atoms with Gasteiger partial charge in [0, 0.05) is 16.3 Å². The van der Waals surface area contributed by atoms with Gasteiger partial charge in [-0.2, -0.15) is 0 Å². The van der Waals surface area contributed by atoms with Gasteiger partial charge < -0.3 is 23.4 Å². The van der Waals surface area contributed by atoms with Crippen LogP contribution in [0.25, 0.3) is 0 Å². The summed E-state index contributed by atoms with van der Waals surface area (Å²) in [5.41, 5.74) is 2.09. The smallest absolute Gasteiger partial charge is 0.332 e. The molecule has 0 radical (unpaired) electrons. The molecule has 2 aromatic carbocycles. The zero-order valence-corrected chi connectivity index (χ0v) is 18.3. The van der Waals surface area contributed by atoms with Crippen LogP contribution in [0, 0.1) is 0 Å². The summed E-state index contributed by atoms with van der Waals surface area (Å²) in [4.78, 5) is 4.30. The second kappa shape index (κ2) is 9.23. The van der Waals surface area contributed by atoms with Crippen LogP contribution in [0.15, 0.2) is 46.2 Å². The Balaban J connectivity index is 1.96. The van der Waals surface area contributed by atoms with Gasteiger partial charge in [0.15, 0.2) is 0 Å². The Morgan fingerprint density at radius 3 is 1.82 bits per heavy atom. The topological polar surface area (TPSA) is 57.2 Å². The molecule has 8 heteroatoms. The third-order valence-corrected chi connectivity index (χ3v) is 7.53. The van der Waals surface area contributed by atoms with Crippen LogP contribution in [0.4, 0.5) is 11.4 Å². The van der Waals surface area contributed by atoms with Gasteiger partial charge in [0.2, 0.25) is 0 Å². The van der Waals surface area contributed by atoms with Crippen molar-refractivity contribution < 1.29 is 23.1 Å². The first kappa shape index (κ1) is 21.1. The largest absolute Gasteiger partial charge is 0.497 e. The second-order valence-corrected chi connectivity index (χ2v) is 9.36. The highest BCUT2D eigenvalue weighted by atomic mass is 32.2. The molecule has 0 fully saturated rings. The van der Waals surface area contributed by atoms with Gasteiger partial charge in [0.05, 0.1) is 45.0 Å². The van der Waals surface area contributed by atoms with Gasteiger partial charge >= 0.3 is 7.60 Å². The third-order valence-electron chi connectivity index (χ3n) is 4.38. The van der Waals surface area contributed by atoms with E-state index in [-0.39, 0.29) is 0 Å². The average Bonchev–Trinajstić information content (AvgIpc) is 2.70. The molecule has 0 amide bonds. The normalized spacial score (nSPS) is 13.1. The minimum atomic E-state index is -3.14. The van der Waals surface area contributed by atoms with Crippen molar-refractivity contribution in [1.29, 1.82) is 0 Å². The van der Waals surface area contributed by atoms with Gasteiger partial charge in [-0.1, -0.05) is 11.8 Å². The Morgan fingerprint density at radius 2 is 1.39 bits per heavy atom. The molecule has 0 spiro atoms. The van der Waals surface area contributed by atoms with E-state index < -0.39 is 7.60 Å². The van der Waals surface area contributed by atoms with Crippen LogP contribution in [-0.4, -0.2) is 40.1 Å². The van der Waals surface area contributed by atoms with E-state index >= 15 is 0 Å². The number of nitrogens with zero attached hydrogens (tertiary/aromatic N) is 1. The quantitative estimate of drug-likeness (QED) is 0.489. The molecule has 152 valence electrons. The molecule has 0 aliphatic carbocycles. The predicted molar refractivity (Wildman–Crippen MR) is 113 cm³/mol. The summed E-state index contributed by atoms with van der Waals surface area (Å²) in [7, 11) is 0.176. The Hall–Kier alpha value is -1.66. The molecule has 0 unspecified atom stereocenters. The first-order chi connectivity index (χ1) is 13.5. The van der Waals surface area contributed by atoms with Gasteiger partial charge in [-0.3, -0.25) is 4.57 Å².